The van der Waals surface area contributed by atoms with Crippen molar-refractivity contribution in [1.82, 2.24) is 0 Å². The van der Waals surface area contributed by atoms with Gasteiger partial charge in [-0.2, -0.15) is 0 Å². The van der Waals surface area contributed by atoms with Gasteiger partial charge in [0.05, 0.1) is 12.9 Å². The fraction of sp³-hybridized carbons (Fsp3) is 0.333. The second kappa shape index (κ2) is 4.69. The van der Waals surface area contributed by atoms with Crippen LogP contribution < -0.4 is 0 Å². The first-order valence-electron chi connectivity index (χ1n) is 5.01. The minimum absolute atomic E-state index is 0.567. The highest BCUT2D eigenvalue weighted by molar-refractivity contribution is 6.30. The Balaban J connectivity index is 2.16. The van der Waals surface area contributed by atoms with Crippen molar-refractivity contribution in [1.29, 1.82) is 0 Å². The van der Waals surface area contributed by atoms with E-state index in [4.69, 9.17) is 16.3 Å². The normalized spacial score (nSPS) is 17.9. The lowest BCUT2D eigenvalue weighted by molar-refractivity contribution is 0.170. The van der Waals surface area contributed by atoms with Gasteiger partial charge in [0.1, 0.15) is 6.10 Å². The van der Waals surface area contributed by atoms with Crippen molar-refractivity contribution in [2.24, 2.45) is 0 Å². The first kappa shape index (κ1) is 10.5. The van der Waals surface area contributed by atoms with Crippen LogP contribution in [0.25, 0.3) is 0 Å². The predicted molar refractivity (Wildman–Crippen MR) is 59.7 cm³/mol. The molecule has 0 aliphatic carbocycles. The van der Waals surface area contributed by atoms with Gasteiger partial charge in [-0.3, -0.25) is 0 Å². The summed E-state index contributed by atoms with van der Waals surface area (Å²) in [7, 11) is 0. The number of halogens is 1. The minimum Gasteiger partial charge on any atom is -0.501 e. The van der Waals surface area contributed by atoms with Crippen LogP contribution in [0.5, 0.6) is 0 Å². The van der Waals surface area contributed by atoms with Gasteiger partial charge in [-0.1, -0.05) is 23.7 Å². The molecule has 0 bridgehead atoms. The summed E-state index contributed by atoms with van der Waals surface area (Å²) in [6, 6.07) is 7.24. The van der Waals surface area contributed by atoms with E-state index in [1.807, 2.05) is 12.1 Å². The van der Waals surface area contributed by atoms with E-state index < -0.39 is 6.10 Å². The number of hydrogen-bond donors (Lipinski definition) is 1. The molecule has 0 amide bonds. The Labute approximate surface area is 94.1 Å². The smallest absolute Gasteiger partial charge is 0.103 e. The van der Waals surface area contributed by atoms with Crippen molar-refractivity contribution < 1.29 is 9.84 Å². The third kappa shape index (κ3) is 2.52. The van der Waals surface area contributed by atoms with Crippen molar-refractivity contribution in [3.63, 3.8) is 0 Å². The quantitative estimate of drug-likeness (QED) is 0.837. The molecule has 1 N–H and O–H groups in total. The summed E-state index contributed by atoms with van der Waals surface area (Å²) in [4.78, 5) is 0. The van der Waals surface area contributed by atoms with Crippen molar-refractivity contribution in [2.45, 2.75) is 18.9 Å². The number of aliphatic hydroxyl groups excluding tert-OH is 1. The van der Waals surface area contributed by atoms with Gasteiger partial charge in [0.2, 0.25) is 0 Å². The topological polar surface area (TPSA) is 29.5 Å². The molecule has 1 aromatic carbocycles. The zero-order valence-corrected chi connectivity index (χ0v) is 9.07. The van der Waals surface area contributed by atoms with Crippen LogP contribution in [-0.2, 0) is 4.74 Å². The van der Waals surface area contributed by atoms with Crippen LogP contribution in [0.3, 0.4) is 0 Å². The average Bonchev–Trinajstić information content (AvgIpc) is 2.30. The van der Waals surface area contributed by atoms with E-state index in [-0.39, 0.29) is 0 Å². The maximum atomic E-state index is 10.0. The van der Waals surface area contributed by atoms with Crippen LogP contribution in [0.2, 0.25) is 5.02 Å². The van der Waals surface area contributed by atoms with E-state index in [1.165, 1.54) is 0 Å². The molecular weight excluding hydrogens is 212 g/mol. The number of hydrogen-bond acceptors (Lipinski definition) is 2. The Hall–Kier alpha value is -0.990. The van der Waals surface area contributed by atoms with E-state index >= 15 is 0 Å². The molecule has 2 nitrogen and oxygen atoms in total. The maximum Gasteiger partial charge on any atom is 0.103 e. The highest BCUT2D eigenvalue weighted by Gasteiger charge is 2.15. The van der Waals surface area contributed by atoms with Gasteiger partial charge in [0, 0.05) is 5.02 Å². The van der Waals surface area contributed by atoms with Crippen molar-refractivity contribution in [3.05, 3.63) is 46.7 Å². The molecule has 0 fully saturated rings. The lowest BCUT2D eigenvalue weighted by Crippen LogP contribution is -2.07. The molecule has 80 valence electrons. The molecule has 1 aromatic rings. The summed E-state index contributed by atoms with van der Waals surface area (Å²) in [6.45, 7) is 0.747. The SMILES string of the molecule is OC(C1=COCCC1)c1ccc(Cl)cc1. The maximum absolute atomic E-state index is 10.0. The number of benzene rings is 1. The van der Waals surface area contributed by atoms with Gasteiger partial charge in [-0.05, 0) is 36.1 Å². The van der Waals surface area contributed by atoms with Gasteiger partial charge < -0.3 is 9.84 Å². The lowest BCUT2D eigenvalue weighted by Gasteiger charge is -2.19. The van der Waals surface area contributed by atoms with Crippen molar-refractivity contribution in [2.75, 3.05) is 6.61 Å². The van der Waals surface area contributed by atoms with Crippen LogP contribution in [0.1, 0.15) is 24.5 Å². The third-order valence-corrected chi connectivity index (χ3v) is 2.75. The van der Waals surface area contributed by atoms with Crippen LogP contribution in [0.4, 0.5) is 0 Å². The second-order valence-corrected chi connectivity index (χ2v) is 4.06. The van der Waals surface area contributed by atoms with Gasteiger partial charge in [-0.25, -0.2) is 0 Å². The average molecular weight is 225 g/mol. The summed E-state index contributed by atoms with van der Waals surface area (Å²) in [5.74, 6) is 0. The van der Waals surface area contributed by atoms with Crippen LogP contribution in [0, 0.1) is 0 Å². The molecule has 3 heteroatoms. The first-order valence-corrected chi connectivity index (χ1v) is 5.39. The number of rotatable bonds is 2. The van der Waals surface area contributed by atoms with Gasteiger partial charge in [-0.15, -0.1) is 0 Å². The Kier molecular flexibility index (Phi) is 3.29. The Morgan fingerprint density at radius 1 is 1.27 bits per heavy atom. The van der Waals surface area contributed by atoms with E-state index in [0.717, 1.165) is 30.6 Å². The molecular formula is C12H13ClO2. The van der Waals surface area contributed by atoms with E-state index in [0.29, 0.717) is 5.02 Å². The minimum atomic E-state index is -0.567. The Morgan fingerprint density at radius 2 is 2.00 bits per heavy atom. The van der Waals surface area contributed by atoms with Crippen molar-refractivity contribution in [3.8, 4) is 0 Å². The summed E-state index contributed by atoms with van der Waals surface area (Å²) in [5, 5.41) is 10.7. The van der Waals surface area contributed by atoms with E-state index in [2.05, 4.69) is 0 Å². The fourth-order valence-electron chi connectivity index (χ4n) is 1.64. The molecule has 0 saturated carbocycles. The standard InChI is InChI=1S/C12H13ClO2/c13-11-5-3-9(4-6-11)12(14)10-2-1-7-15-8-10/h3-6,8,12,14H,1-2,7H2. The highest BCUT2D eigenvalue weighted by Crippen LogP contribution is 2.27. The van der Waals surface area contributed by atoms with Crippen LogP contribution >= 0.6 is 11.6 Å². The highest BCUT2D eigenvalue weighted by atomic mass is 35.5. The summed E-state index contributed by atoms with van der Waals surface area (Å²) >= 11 is 5.78. The molecule has 1 unspecified atom stereocenters. The molecule has 2 rings (SSSR count). The molecule has 1 aliphatic heterocycles. The van der Waals surface area contributed by atoms with Crippen LogP contribution in [-0.4, -0.2) is 11.7 Å². The molecule has 1 heterocycles. The number of aliphatic hydroxyl groups is 1. The zero-order valence-electron chi connectivity index (χ0n) is 8.32. The summed E-state index contributed by atoms with van der Waals surface area (Å²) in [5.41, 5.74) is 1.79. The van der Waals surface area contributed by atoms with Gasteiger partial charge in [0.25, 0.3) is 0 Å². The van der Waals surface area contributed by atoms with E-state index in [1.54, 1.807) is 18.4 Å². The van der Waals surface area contributed by atoms with E-state index in [9.17, 15) is 5.11 Å². The summed E-state index contributed by atoms with van der Waals surface area (Å²) < 4.78 is 5.20. The molecule has 0 aromatic heterocycles. The molecule has 1 aliphatic rings. The Bertz CT molecular complexity index is 356. The Morgan fingerprint density at radius 3 is 2.60 bits per heavy atom. The van der Waals surface area contributed by atoms with Crippen LogP contribution in [0.15, 0.2) is 36.1 Å². The molecule has 0 radical (unpaired) electrons. The fourth-order valence-corrected chi connectivity index (χ4v) is 1.77. The van der Waals surface area contributed by atoms with Gasteiger partial charge >= 0.3 is 0 Å². The lowest BCUT2D eigenvalue weighted by atomic mass is 9.98. The first-order chi connectivity index (χ1) is 7.27. The molecule has 0 spiro atoms. The monoisotopic (exact) mass is 224 g/mol. The third-order valence-electron chi connectivity index (χ3n) is 2.50. The molecule has 0 saturated heterocycles. The van der Waals surface area contributed by atoms with Crippen molar-refractivity contribution >= 4 is 11.6 Å². The van der Waals surface area contributed by atoms with Gasteiger partial charge in [0.15, 0.2) is 0 Å². The zero-order chi connectivity index (χ0) is 10.7. The number of ether oxygens (including phenoxy) is 1. The molecule has 1 atom stereocenters. The molecule has 15 heavy (non-hydrogen) atoms. The largest absolute Gasteiger partial charge is 0.501 e. The predicted octanol–water partition coefficient (Wildman–Crippen LogP) is 3.07. The summed E-state index contributed by atoms with van der Waals surface area (Å²) in [6.07, 6.45) is 2.96. The second-order valence-electron chi connectivity index (χ2n) is 3.62.